The second-order valence-electron chi connectivity index (χ2n) is 3.83. The molecule has 2 heterocycles. The highest BCUT2D eigenvalue weighted by molar-refractivity contribution is 6.30. The molecule has 0 amide bonds. The summed E-state index contributed by atoms with van der Waals surface area (Å²) >= 11 is 5.60. The second kappa shape index (κ2) is 5.46. The van der Waals surface area contributed by atoms with E-state index in [9.17, 15) is 4.39 Å². The van der Waals surface area contributed by atoms with Crippen molar-refractivity contribution in [1.82, 2.24) is 4.98 Å². The van der Waals surface area contributed by atoms with Gasteiger partial charge in [-0.05, 0) is 25.3 Å². The predicted octanol–water partition coefficient (Wildman–Crippen LogP) is 2.86. The van der Waals surface area contributed by atoms with Crippen LogP contribution in [0, 0.1) is 5.82 Å². The van der Waals surface area contributed by atoms with Gasteiger partial charge in [-0.15, -0.1) is 0 Å². The van der Waals surface area contributed by atoms with E-state index in [1.54, 1.807) is 0 Å². The summed E-state index contributed by atoms with van der Waals surface area (Å²) in [5.74, 6) is -0.165. The minimum absolute atomic E-state index is 0.252. The maximum absolute atomic E-state index is 13.3. The summed E-state index contributed by atoms with van der Waals surface area (Å²) in [6, 6.07) is 1.25. The molecule has 0 aliphatic carbocycles. The molecule has 0 radical (unpaired) electrons. The van der Waals surface area contributed by atoms with Crippen molar-refractivity contribution in [2.75, 3.05) is 18.5 Å². The SMILES string of the molecule is Fc1cc(Cl)cnc1NCCC1CCCO1. The fraction of sp³-hybridized carbons (Fsp3) is 0.545. The monoisotopic (exact) mass is 244 g/mol. The van der Waals surface area contributed by atoms with Crippen molar-refractivity contribution in [3.05, 3.63) is 23.1 Å². The van der Waals surface area contributed by atoms with Crippen LogP contribution in [-0.2, 0) is 4.74 Å². The lowest BCUT2D eigenvalue weighted by atomic mass is 10.2. The zero-order valence-electron chi connectivity index (χ0n) is 8.88. The number of aromatic nitrogens is 1. The van der Waals surface area contributed by atoms with Gasteiger partial charge in [0.05, 0.1) is 11.1 Å². The van der Waals surface area contributed by atoms with E-state index in [0.717, 1.165) is 25.9 Å². The van der Waals surface area contributed by atoms with Gasteiger partial charge < -0.3 is 10.1 Å². The zero-order valence-corrected chi connectivity index (χ0v) is 9.63. The first-order valence-corrected chi connectivity index (χ1v) is 5.80. The highest BCUT2D eigenvalue weighted by Gasteiger charge is 2.15. The van der Waals surface area contributed by atoms with E-state index in [2.05, 4.69) is 10.3 Å². The van der Waals surface area contributed by atoms with Crippen LogP contribution < -0.4 is 5.32 Å². The predicted molar refractivity (Wildman–Crippen MR) is 61.3 cm³/mol. The highest BCUT2D eigenvalue weighted by Crippen LogP contribution is 2.17. The summed E-state index contributed by atoms with van der Waals surface area (Å²) in [6.07, 6.45) is 4.84. The van der Waals surface area contributed by atoms with Gasteiger partial charge in [-0.2, -0.15) is 0 Å². The topological polar surface area (TPSA) is 34.2 Å². The lowest BCUT2D eigenvalue weighted by molar-refractivity contribution is 0.107. The quantitative estimate of drug-likeness (QED) is 0.884. The Morgan fingerprint density at radius 3 is 3.19 bits per heavy atom. The maximum atomic E-state index is 13.3. The Hall–Kier alpha value is -0.870. The molecule has 1 aromatic heterocycles. The Morgan fingerprint density at radius 1 is 1.62 bits per heavy atom. The molecule has 1 aliphatic rings. The number of ether oxygens (including phenoxy) is 1. The van der Waals surface area contributed by atoms with Gasteiger partial charge in [-0.3, -0.25) is 0 Å². The third-order valence-electron chi connectivity index (χ3n) is 2.59. The van der Waals surface area contributed by atoms with E-state index in [4.69, 9.17) is 16.3 Å². The number of nitrogens with one attached hydrogen (secondary N) is 1. The molecule has 1 aromatic rings. The van der Waals surface area contributed by atoms with Gasteiger partial charge >= 0.3 is 0 Å². The van der Waals surface area contributed by atoms with Crippen LogP contribution in [0.5, 0.6) is 0 Å². The van der Waals surface area contributed by atoms with E-state index in [-0.39, 0.29) is 5.82 Å². The Balaban J connectivity index is 1.80. The lowest BCUT2D eigenvalue weighted by Gasteiger charge is -2.10. The first-order chi connectivity index (χ1) is 7.75. The Labute approximate surface area is 99.0 Å². The van der Waals surface area contributed by atoms with E-state index in [0.29, 0.717) is 17.7 Å². The van der Waals surface area contributed by atoms with Crippen LogP contribution in [0.2, 0.25) is 5.02 Å². The summed E-state index contributed by atoms with van der Waals surface area (Å²) < 4.78 is 18.8. The zero-order chi connectivity index (χ0) is 11.4. The average molecular weight is 245 g/mol. The third-order valence-corrected chi connectivity index (χ3v) is 2.80. The summed E-state index contributed by atoms with van der Waals surface area (Å²) in [7, 11) is 0. The Bertz CT molecular complexity index is 356. The van der Waals surface area contributed by atoms with Crippen molar-refractivity contribution in [2.45, 2.75) is 25.4 Å². The summed E-state index contributed by atoms with van der Waals surface area (Å²) in [4.78, 5) is 3.88. The molecule has 1 atom stereocenters. The van der Waals surface area contributed by atoms with Crippen molar-refractivity contribution < 1.29 is 9.13 Å². The molecule has 1 saturated heterocycles. The van der Waals surface area contributed by atoms with Gasteiger partial charge in [0.25, 0.3) is 0 Å². The maximum Gasteiger partial charge on any atom is 0.166 e. The van der Waals surface area contributed by atoms with Crippen LogP contribution in [-0.4, -0.2) is 24.2 Å². The standard InChI is InChI=1S/C11H14ClFN2O/c12-8-6-10(13)11(15-7-8)14-4-3-9-2-1-5-16-9/h6-7,9H,1-5H2,(H,14,15). The highest BCUT2D eigenvalue weighted by atomic mass is 35.5. The van der Waals surface area contributed by atoms with Gasteiger partial charge in [0, 0.05) is 19.3 Å². The number of anilines is 1. The van der Waals surface area contributed by atoms with Crippen molar-refractivity contribution in [2.24, 2.45) is 0 Å². The molecular formula is C11H14ClFN2O. The van der Waals surface area contributed by atoms with Crippen LogP contribution >= 0.6 is 11.6 Å². The van der Waals surface area contributed by atoms with Crippen molar-refractivity contribution >= 4 is 17.4 Å². The Kier molecular flexibility index (Phi) is 3.96. The van der Waals surface area contributed by atoms with Crippen LogP contribution in [0.4, 0.5) is 10.2 Å². The Morgan fingerprint density at radius 2 is 2.50 bits per heavy atom. The molecule has 16 heavy (non-hydrogen) atoms. The fourth-order valence-corrected chi connectivity index (χ4v) is 1.91. The van der Waals surface area contributed by atoms with E-state index in [1.807, 2.05) is 0 Å². The molecule has 1 N–H and O–H groups in total. The summed E-state index contributed by atoms with van der Waals surface area (Å²) in [5, 5.41) is 3.25. The number of halogens is 2. The number of hydrogen-bond donors (Lipinski definition) is 1. The molecule has 2 rings (SSSR count). The van der Waals surface area contributed by atoms with Gasteiger partial charge in [0.2, 0.25) is 0 Å². The van der Waals surface area contributed by atoms with Crippen LogP contribution in [0.25, 0.3) is 0 Å². The van der Waals surface area contributed by atoms with Crippen LogP contribution in [0.3, 0.4) is 0 Å². The molecule has 0 spiro atoms. The molecule has 88 valence electrons. The van der Waals surface area contributed by atoms with Crippen LogP contribution in [0.15, 0.2) is 12.3 Å². The average Bonchev–Trinajstić information content (AvgIpc) is 2.74. The first-order valence-electron chi connectivity index (χ1n) is 5.42. The summed E-state index contributed by atoms with van der Waals surface area (Å²) in [6.45, 7) is 1.51. The third kappa shape index (κ3) is 3.06. The minimum atomic E-state index is -0.417. The second-order valence-corrected chi connectivity index (χ2v) is 4.27. The van der Waals surface area contributed by atoms with E-state index in [1.165, 1.54) is 12.3 Å². The molecule has 1 fully saturated rings. The van der Waals surface area contributed by atoms with Crippen molar-refractivity contribution in [3.8, 4) is 0 Å². The molecule has 0 saturated carbocycles. The summed E-state index contributed by atoms with van der Waals surface area (Å²) in [5.41, 5.74) is 0. The van der Waals surface area contributed by atoms with Crippen LogP contribution in [0.1, 0.15) is 19.3 Å². The van der Waals surface area contributed by atoms with E-state index < -0.39 is 5.82 Å². The number of hydrogen-bond acceptors (Lipinski definition) is 3. The van der Waals surface area contributed by atoms with E-state index >= 15 is 0 Å². The number of pyridine rings is 1. The molecule has 0 aromatic carbocycles. The first kappa shape index (κ1) is 11.6. The molecule has 1 aliphatic heterocycles. The normalized spacial score (nSPS) is 20.0. The van der Waals surface area contributed by atoms with Gasteiger partial charge in [-0.25, -0.2) is 9.37 Å². The molecule has 1 unspecified atom stereocenters. The van der Waals surface area contributed by atoms with Crippen molar-refractivity contribution in [1.29, 1.82) is 0 Å². The smallest absolute Gasteiger partial charge is 0.166 e. The fourth-order valence-electron chi connectivity index (χ4n) is 1.77. The van der Waals surface area contributed by atoms with Gasteiger partial charge in [0.15, 0.2) is 11.6 Å². The largest absolute Gasteiger partial charge is 0.378 e. The lowest BCUT2D eigenvalue weighted by Crippen LogP contribution is -2.13. The van der Waals surface area contributed by atoms with Crippen molar-refractivity contribution in [3.63, 3.8) is 0 Å². The van der Waals surface area contributed by atoms with Gasteiger partial charge in [-0.1, -0.05) is 11.6 Å². The molecular weight excluding hydrogens is 231 g/mol. The van der Waals surface area contributed by atoms with Gasteiger partial charge in [0.1, 0.15) is 0 Å². The minimum Gasteiger partial charge on any atom is -0.378 e. The molecule has 3 nitrogen and oxygen atoms in total. The molecule has 0 bridgehead atoms. The molecule has 5 heteroatoms. The number of nitrogens with zero attached hydrogens (tertiary/aromatic N) is 1. The number of rotatable bonds is 4.